The van der Waals surface area contributed by atoms with E-state index in [1.54, 1.807) is 42.5 Å². The second-order valence-electron chi connectivity index (χ2n) is 3.96. The number of carbonyl (C=O) groups excluding carboxylic acids is 1. The summed E-state index contributed by atoms with van der Waals surface area (Å²) in [5, 5.41) is 9.58. The first kappa shape index (κ1) is 13.8. The van der Waals surface area contributed by atoms with E-state index in [1.165, 1.54) is 0 Å². The van der Waals surface area contributed by atoms with Gasteiger partial charge in [0.1, 0.15) is 5.92 Å². The predicted octanol–water partition coefficient (Wildman–Crippen LogP) is 4.59. The van der Waals surface area contributed by atoms with E-state index in [1.807, 2.05) is 12.1 Å². The molecule has 2 aromatic carbocycles. The third kappa shape index (κ3) is 3.04. The molecular weight excluding hydrogens is 326 g/mol. The lowest BCUT2D eigenvalue weighted by molar-refractivity contribution is 0.0979. The molecule has 0 aromatic heterocycles. The highest BCUT2D eigenvalue weighted by molar-refractivity contribution is 9.10. The van der Waals surface area contributed by atoms with Crippen molar-refractivity contribution < 1.29 is 4.79 Å². The summed E-state index contributed by atoms with van der Waals surface area (Å²) in [6.07, 6.45) is 0. The van der Waals surface area contributed by atoms with Gasteiger partial charge in [-0.15, -0.1) is 0 Å². The van der Waals surface area contributed by atoms with Crippen molar-refractivity contribution in [1.82, 2.24) is 0 Å². The molecule has 2 nitrogen and oxygen atoms in total. The highest BCUT2D eigenvalue weighted by Crippen LogP contribution is 2.27. The summed E-state index contributed by atoms with van der Waals surface area (Å²) in [6.45, 7) is 0. The minimum atomic E-state index is -0.833. The third-order valence-corrected chi connectivity index (χ3v) is 3.53. The highest BCUT2D eigenvalue weighted by atomic mass is 79.9. The third-order valence-electron chi connectivity index (χ3n) is 2.72. The van der Waals surface area contributed by atoms with E-state index in [4.69, 9.17) is 11.6 Å². The van der Waals surface area contributed by atoms with Gasteiger partial charge in [0.15, 0.2) is 5.78 Å². The first-order valence-electron chi connectivity index (χ1n) is 5.57. The maximum absolute atomic E-state index is 12.4. The summed E-state index contributed by atoms with van der Waals surface area (Å²) in [5.41, 5.74) is 1.04. The SMILES string of the molecule is N#CC(C(=O)c1ccc(Br)cc1Cl)c1ccccc1. The van der Waals surface area contributed by atoms with E-state index in [9.17, 15) is 10.1 Å². The van der Waals surface area contributed by atoms with Crippen LogP contribution in [0.4, 0.5) is 0 Å². The number of benzene rings is 2. The van der Waals surface area contributed by atoms with Crippen molar-refractivity contribution in [3.05, 3.63) is 69.2 Å². The second-order valence-corrected chi connectivity index (χ2v) is 5.28. The Balaban J connectivity index is 2.40. The maximum Gasteiger partial charge on any atom is 0.185 e. The van der Waals surface area contributed by atoms with E-state index >= 15 is 0 Å². The van der Waals surface area contributed by atoms with Crippen LogP contribution in [0.2, 0.25) is 5.02 Å². The van der Waals surface area contributed by atoms with Crippen molar-refractivity contribution in [3.8, 4) is 6.07 Å². The molecule has 0 radical (unpaired) electrons. The Morgan fingerprint density at radius 2 is 1.89 bits per heavy atom. The summed E-state index contributed by atoms with van der Waals surface area (Å²) in [5.74, 6) is -1.12. The zero-order valence-corrected chi connectivity index (χ0v) is 12.1. The van der Waals surface area contributed by atoms with Gasteiger partial charge in [0.2, 0.25) is 0 Å². The number of ketones is 1. The molecular formula is C15H9BrClNO. The number of hydrogen-bond acceptors (Lipinski definition) is 2. The normalized spacial score (nSPS) is 11.6. The van der Waals surface area contributed by atoms with Crippen molar-refractivity contribution in [2.45, 2.75) is 5.92 Å². The van der Waals surface area contributed by atoms with Gasteiger partial charge in [0.05, 0.1) is 11.1 Å². The zero-order valence-electron chi connectivity index (χ0n) is 9.81. The van der Waals surface area contributed by atoms with Gasteiger partial charge in [-0.3, -0.25) is 4.79 Å². The average Bonchev–Trinajstić information content (AvgIpc) is 2.40. The topological polar surface area (TPSA) is 40.9 Å². The molecule has 0 bridgehead atoms. The van der Waals surface area contributed by atoms with Crippen LogP contribution in [-0.2, 0) is 0 Å². The van der Waals surface area contributed by atoms with Crippen molar-refractivity contribution in [1.29, 1.82) is 5.26 Å². The maximum atomic E-state index is 12.4. The van der Waals surface area contributed by atoms with Gasteiger partial charge in [-0.2, -0.15) is 5.26 Å². The van der Waals surface area contributed by atoms with Gasteiger partial charge in [-0.05, 0) is 23.8 Å². The van der Waals surface area contributed by atoms with Gasteiger partial charge in [0, 0.05) is 10.0 Å². The minimum absolute atomic E-state index is 0.286. The molecule has 94 valence electrons. The van der Waals surface area contributed by atoms with Crippen LogP contribution in [0.25, 0.3) is 0 Å². The van der Waals surface area contributed by atoms with Crippen molar-refractivity contribution in [2.24, 2.45) is 0 Å². The van der Waals surface area contributed by atoms with Crippen LogP contribution < -0.4 is 0 Å². The lowest BCUT2D eigenvalue weighted by Crippen LogP contribution is -2.11. The van der Waals surface area contributed by atoms with Crippen molar-refractivity contribution in [2.75, 3.05) is 0 Å². The molecule has 0 N–H and O–H groups in total. The standard InChI is InChI=1S/C15H9BrClNO/c16-11-6-7-12(14(17)8-11)15(19)13(9-18)10-4-2-1-3-5-10/h1-8,13H. The lowest BCUT2D eigenvalue weighted by Gasteiger charge is -2.10. The Morgan fingerprint density at radius 3 is 2.47 bits per heavy atom. The molecule has 2 aromatic rings. The number of nitrogens with zero attached hydrogens (tertiary/aromatic N) is 1. The number of rotatable bonds is 3. The number of halogens is 2. The summed E-state index contributed by atoms with van der Waals surface area (Å²) in [6, 6.07) is 16.0. The van der Waals surface area contributed by atoms with Gasteiger partial charge in [-0.1, -0.05) is 57.9 Å². The summed E-state index contributed by atoms with van der Waals surface area (Å²) < 4.78 is 0.794. The molecule has 0 amide bonds. The van der Waals surface area contributed by atoms with Gasteiger partial charge >= 0.3 is 0 Å². The highest BCUT2D eigenvalue weighted by Gasteiger charge is 2.23. The van der Waals surface area contributed by atoms with Crippen LogP contribution >= 0.6 is 27.5 Å². The Morgan fingerprint density at radius 1 is 1.21 bits per heavy atom. The Bertz CT molecular complexity index is 649. The second kappa shape index (κ2) is 6.01. The summed E-state index contributed by atoms with van der Waals surface area (Å²) >= 11 is 9.34. The molecule has 0 aliphatic rings. The first-order valence-corrected chi connectivity index (χ1v) is 6.74. The van der Waals surface area contributed by atoms with Gasteiger partial charge < -0.3 is 0 Å². The van der Waals surface area contributed by atoms with Crippen LogP contribution in [0.1, 0.15) is 21.8 Å². The molecule has 0 aliphatic carbocycles. The van der Waals surface area contributed by atoms with Gasteiger partial charge in [0.25, 0.3) is 0 Å². The number of hydrogen-bond donors (Lipinski definition) is 0. The Hall–Kier alpha value is -1.63. The molecule has 1 unspecified atom stereocenters. The molecule has 2 rings (SSSR count). The summed E-state index contributed by atoms with van der Waals surface area (Å²) in [4.78, 5) is 12.4. The molecule has 0 heterocycles. The van der Waals surface area contributed by atoms with E-state index in [0.29, 0.717) is 16.1 Å². The first-order chi connectivity index (χ1) is 9.13. The number of nitriles is 1. The fourth-order valence-corrected chi connectivity index (χ4v) is 2.54. The lowest BCUT2D eigenvalue weighted by atomic mass is 9.92. The minimum Gasteiger partial charge on any atom is -0.292 e. The molecule has 0 fully saturated rings. The molecule has 0 saturated carbocycles. The van der Waals surface area contributed by atoms with Crippen LogP contribution in [0.15, 0.2) is 53.0 Å². The largest absolute Gasteiger partial charge is 0.292 e. The van der Waals surface area contributed by atoms with Crippen molar-refractivity contribution in [3.63, 3.8) is 0 Å². The molecule has 19 heavy (non-hydrogen) atoms. The average molecular weight is 335 g/mol. The van der Waals surface area contributed by atoms with Crippen LogP contribution in [-0.4, -0.2) is 5.78 Å². The van der Waals surface area contributed by atoms with E-state index in [-0.39, 0.29) is 5.78 Å². The zero-order chi connectivity index (χ0) is 13.8. The van der Waals surface area contributed by atoms with Crippen molar-refractivity contribution >= 4 is 33.3 Å². The Labute approximate surface area is 124 Å². The van der Waals surface area contributed by atoms with E-state index in [2.05, 4.69) is 15.9 Å². The van der Waals surface area contributed by atoms with Gasteiger partial charge in [-0.25, -0.2) is 0 Å². The van der Waals surface area contributed by atoms with Crippen LogP contribution in [0.3, 0.4) is 0 Å². The quantitative estimate of drug-likeness (QED) is 0.770. The van der Waals surface area contributed by atoms with E-state index in [0.717, 1.165) is 4.47 Å². The molecule has 1 atom stereocenters. The molecule has 4 heteroatoms. The number of Topliss-reactive ketones (excluding diaryl/α,β-unsaturated/α-hetero) is 1. The molecule has 0 saturated heterocycles. The predicted molar refractivity (Wildman–Crippen MR) is 78.3 cm³/mol. The Kier molecular flexibility index (Phi) is 4.36. The smallest absolute Gasteiger partial charge is 0.185 e. The molecule has 0 aliphatic heterocycles. The monoisotopic (exact) mass is 333 g/mol. The summed E-state index contributed by atoms with van der Waals surface area (Å²) in [7, 11) is 0. The fourth-order valence-electron chi connectivity index (χ4n) is 1.77. The number of carbonyl (C=O) groups is 1. The van der Waals surface area contributed by atoms with Crippen LogP contribution in [0, 0.1) is 11.3 Å². The van der Waals surface area contributed by atoms with Crippen LogP contribution in [0.5, 0.6) is 0 Å². The van der Waals surface area contributed by atoms with E-state index < -0.39 is 5.92 Å². The molecule has 0 spiro atoms. The fraction of sp³-hybridized carbons (Fsp3) is 0.0667.